The Bertz CT molecular complexity index is 502. The smallest absolute Gasteiger partial charge is 0.0659 e. The van der Waals surface area contributed by atoms with Crippen LogP contribution >= 0.6 is 0 Å². The number of hydrogen-bond acceptors (Lipinski definition) is 2. The highest BCUT2D eigenvalue weighted by Gasteiger charge is 2.13. The van der Waals surface area contributed by atoms with E-state index in [1.807, 2.05) is 23.1 Å². The van der Waals surface area contributed by atoms with E-state index in [-0.39, 0.29) is 0 Å². The van der Waals surface area contributed by atoms with Crippen LogP contribution in [-0.4, -0.2) is 28.3 Å². The first-order chi connectivity index (χ1) is 8.31. The van der Waals surface area contributed by atoms with Crippen molar-refractivity contribution in [2.75, 3.05) is 13.6 Å². The third-order valence-corrected chi connectivity index (χ3v) is 3.38. The fourth-order valence-electron chi connectivity index (χ4n) is 2.43. The fraction of sp³-hybridized carbons (Fsp3) is 0.357. The molecule has 3 rings (SSSR count). The van der Waals surface area contributed by atoms with Crippen molar-refractivity contribution in [1.29, 1.82) is 0 Å². The number of fused-ring (bicyclic) bond motifs is 1. The van der Waals surface area contributed by atoms with Gasteiger partial charge in [-0.2, -0.15) is 5.10 Å². The maximum Gasteiger partial charge on any atom is 0.0659 e. The van der Waals surface area contributed by atoms with Gasteiger partial charge in [-0.15, -0.1) is 0 Å². The highest BCUT2D eigenvalue weighted by molar-refractivity contribution is 5.33. The summed E-state index contributed by atoms with van der Waals surface area (Å²) in [5.74, 6) is 0. The van der Waals surface area contributed by atoms with Crippen molar-refractivity contribution in [2.24, 2.45) is 0 Å². The molecule has 1 aliphatic rings. The summed E-state index contributed by atoms with van der Waals surface area (Å²) in [7, 11) is 2.18. The van der Waals surface area contributed by atoms with Crippen LogP contribution in [0.3, 0.4) is 0 Å². The molecule has 2 aromatic rings. The van der Waals surface area contributed by atoms with Crippen molar-refractivity contribution in [2.45, 2.75) is 19.5 Å². The zero-order valence-electron chi connectivity index (χ0n) is 10.1. The Kier molecular flexibility index (Phi) is 2.69. The Morgan fingerprint density at radius 2 is 2.24 bits per heavy atom. The average molecular weight is 227 g/mol. The van der Waals surface area contributed by atoms with E-state index >= 15 is 0 Å². The molecule has 2 heterocycles. The van der Waals surface area contributed by atoms with Gasteiger partial charge >= 0.3 is 0 Å². The monoisotopic (exact) mass is 227 g/mol. The third-order valence-electron chi connectivity index (χ3n) is 3.38. The molecule has 3 heteroatoms. The zero-order valence-corrected chi connectivity index (χ0v) is 10.1. The first-order valence-corrected chi connectivity index (χ1v) is 6.08. The van der Waals surface area contributed by atoms with Crippen molar-refractivity contribution < 1.29 is 0 Å². The third kappa shape index (κ3) is 2.24. The van der Waals surface area contributed by atoms with Crippen molar-refractivity contribution in [1.82, 2.24) is 14.7 Å². The second-order valence-corrected chi connectivity index (χ2v) is 4.79. The van der Waals surface area contributed by atoms with Gasteiger partial charge in [0.05, 0.1) is 6.54 Å². The Balaban J connectivity index is 1.85. The van der Waals surface area contributed by atoms with E-state index in [1.54, 1.807) is 0 Å². The summed E-state index contributed by atoms with van der Waals surface area (Å²) in [4.78, 5) is 2.38. The van der Waals surface area contributed by atoms with Gasteiger partial charge < -0.3 is 4.90 Å². The predicted molar refractivity (Wildman–Crippen MR) is 67.8 cm³/mol. The van der Waals surface area contributed by atoms with Crippen LogP contribution < -0.4 is 0 Å². The van der Waals surface area contributed by atoms with Gasteiger partial charge in [0.15, 0.2) is 0 Å². The molecule has 0 spiro atoms. The maximum atomic E-state index is 4.24. The van der Waals surface area contributed by atoms with Gasteiger partial charge in [0.1, 0.15) is 0 Å². The van der Waals surface area contributed by atoms with Gasteiger partial charge in [-0.25, -0.2) is 0 Å². The first-order valence-electron chi connectivity index (χ1n) is 6.08. The molecule has 0 unspecified atom stereocenters. The summed E-state index contributed by atoms with van der Waals surface area (Å²) in [6.07, 6.45) is 5.01. The Morgan fingerprint density at radius 1 is 1.29 bits per heavy atom. The van der Waals surface area contributed by atoms with Crippen molar-refractivity contribution >= 4 is 0 Å². The molecular formula is C14H17N3. The van der Waals surface area contributed by atoms with Crippen LogP contribution in [0.5, 0.6) is 0 Å². The summed E-state index contributed by atoms with van der Waals surface area (Å²) < 4.78 is 1.97. The average Bonchev–Trinajstić information content (AvgIpc) is 2.81. The highest BCUT2D eigenvalue weighted by Crippen LogP contribution is 2.19. The minimum Gasteiger partial charge on any atom is -0.302 e. The molecule has 0 atom stereocenters. The minimum absolute atomic E-state index is 0.865. The summed E-state index contributed by atoms with van der Waals surface area (Å²) >= 11 is 0. The van der Waals surface area contributed by atoms with Crippen LogP contribution in [0, 0.1) is 0 Å². The second-order valence-electron chi connectivity index (χ2n) is 4.79. The molecule has 0 fully saturated rings. The maximum absolute atomic E-state index is 4.24. The number of nitrogens with zero attached hydrogens (tertiary/aromatic N) is 3. The van der Waals surface area contributed by atoms with Gasteiger partial charge in [0.2, 0.25) is 0 Å². The molecule has 1 aromatic heterocycles. The standard InChI is InChI=1S/C14H17N3/c1-16-8-5-13-4-3-12(9-14(13)11-16)10-17-7-2-6-15-17/h2-4,6-7,9H,5,8,10-11H2,1H3. The predicted octanol–water partition coefficient (Wildman–Crippen LogP) is 1.92. The van der Waals surface area contributed by atoms with Crippen LogP contribution in [0.4, 0.5) is 0 Å². The van der Waals surface area contributed by atoms with E-state index in [2.05, 4.69) is 35.2 Å². The van der Waals surface area contributed by atoms with E-state index in [0.29, 0.717) is 0 Å². The van der Waals surface area contributed by atoms with Crippen molar-refractivity contribution in [3.8, 4) is 0 Å². The van der Waals surface area contributed by atoms with Gasteiger partial charge in [-0.05, 0) is 36.2 Å². The Morgan fingerprint density at radius 3 is 3.06 bits per heavy atom. The molecule has 0 amide bonds. The molecule has 0 aliphatic carbocycles. The molecule has 0 saturated heterocycles. The van der Waals surface area contributed by atoms with Crippen LogP contribution in [0.2, 0.25) is 0 Å². The fourth-order valence-corrected chi connectivity index (χ4v) is 2.43. The van der Waals surface area contributed by atoms with Crippen LogP contribution in [0.1, 0.15) is 16.7 Å². The Labute approximate surface area is 102 Å². The van der Waals surface area contributed by atoms with E-state index in [1.165, 1.54) is 29.7 Å². The van der Waals surface area contributed by atoms with Crippen LogP contribution in [0.15, 0.2) is 36.7 Å². The molecule has 1 aliphatic heterocycles. The number of aromatic nitrogens is 2. The number of hydrogen-bond donors (Lipinski definition) is 0. The lowest BCUT2D eigenvalue weighted by atomic mass is 9.98. The van der Waals surface area contributed by atoms with Crippen LogP contribution in [-0.2, 0) is 19.5 Å². The summed E-state index contributed by atoms with van der Waals surface area (Å²) in [6.45, 7) is 3.11. The van der Waals surface area contributed by atoms with E-state index < -0.39 is 0 Å². The molecule has 0 bridgehead atoms. The molecule has 0 saturated carbocycles. The van der Waals surface area contributed by atoms with E-state index in [9.17, 15) is 0 Å². The quantitative estimate of drug-likeness (QED) is 0.781. The largest absolute Gasteiger partial charge is 0.302 e. The van der Waals surface area contributed by atoms with Crippen molar-refractivity contribution in [3.63, 3.8) is 0 Å². The Hall–Kier alpha value is -1.61. The number of benzene rings is 1. The second kappa shape index (κ2) is 4.34. The molecule has 3 nitrogen and oxygen atoms in total. The molecule has 17 heavy (non-hydrogen) atoms. The normalized spacial score (nSPS) is 15.8. The van der Waals surface area contributed by atoms with Gasteiger partial charge in [0, 0.05) is 25.5 Å². The SMILES string of the molecule is CN1CCc2ccc(Cn3cccn3)cc2C1. The molecule has 88 valence electrons. The summed E-state index contributed by atoms with van der Waals surface area (Å²) in [5, 5.41) is 4.24. The van der Waals surface area contributed by atoms with Crippen molar-refractivity contribution in [3.05, 3.63) is 53.3 Å². The van der Waals surface area contributed by atoms with E-state index in [4.69, 9.17) is 0 Å². The molecule has 1 aromatic carbocycles. The molecule has 0 radical (unpaired) electrons. The molecule has 0 N–H and O–H groups in total. The lowest BCUT2D eigenvalue weighted by molar-refractivity contribution is 0.312. The molecular weight excluding hydrogens is 210 g/mol. The van der Waals surface area contributed by atoms with Gasteiger partial charge in [-0.3, -0.25) is 4.68 Å². The topological polar surface area (TPSA) is 21.1 Å². The zero-order chi connectivity index (χ0) is 11.7. The first kappa shape index (κ1) is 10.5. The lowest BCUT2D eigenvalue weighted by Crippen LogP contribution is -2.26. The van der Waals surface area contributed by atoms with Gasteiger partial charge in [0.25, 0.3) is 0 Å². The highest BCUT2D eigenvalue weighted by atomic mass is 15.3. The summed E-state index contributed by atoms with van der Waals surface area (Å²) in [5.41, 5.74) is 4.32. The van der Waals surface area contributed by atoms with Gasteiger partial charge in [-0.1, -0.05) is 18.2 Å². The van der Waals surface area contributed by atoms with E-state index in [0.717, 1.165) is 13.1 Å². The lowest BCUT2D eigenvalue weighted by Gasteiger charge is -2.25. The minimum atomic E-state index is 0.865. The number of rotatable bonds is 2. The number of likely N-dealkylation sites (N-methyl/N-ethyl adjacent to an activating group) is 1. The van der Waals surface area contributed by atoms with Crippen LogP contribution in [0.25, 0.3) is 0 Å². The summed E-state index contributed by atoms with van der Waals surface area (Å²) in [6, 6.07) is 8.80.